The average Bonchev–Trinajstić information content (AvgIpc) is 3.05. The van der Waals surface area contributed by atoms with E-state index in [2.05, 4.69) is 20.4 Å². The summed E-state index contributed by atoms with van der Waals surface area (Å²) in [6.07, 6.45) is 3.80. The van der Waals surface area contributed by atoms with Crippen LogP contribution in [-0.2, 0) is 0 Å². The third kappa shape index (κ3) is 2.83. The van der Waals surface area contributed by atoms with Gasteiger partial charge in [-0.1, -0.05) is 42.5 Å². The van der Waals surface area contributed by atoms with Crippen LogP contribution in [0.2, 0.25) is 0 Å². The number of nitrogens with one attached hydrogen (secondary N) is 4. The fourth-order valence-electron chi connectivity index (χ4n) is 2.77. The summed E-state index contributed by atoms with van der Waals surface area (Å²) < 4.78 is 0. The maximum absolute atomic E-state index is 12.2. The fraction of sp³-hybridized carbons (Fsp3) is 0.176. The summed E-state index contributed by atoms with van der Waals surface area (Å²) in [7, 11) is 0. The Kier molecular flexibility index (Phi) is 3.89. The lowest BCUT2D eigenvalue weighted by Crippen LogP contribution is -2.17. The lowest BCUT2D eigenvalue weighted by molar-refractivity contribution is 0.974. The molecule has 118 valence electrons. The third-order valence-corrected chi connectivity index (χ3v) is 3.93. The predicted octanol–water partition coefficient (Wildman–Crippen LogP) is 2.18. The molecule has 0 radical (unpaired) electrons. The van der Waals surface area contributed by atoms with E-state index in [9.17, 15) is 9.59 Å². The molecule has 2 heterocycles. The molecular formula is C17H18N4O2. The van der Waals surface area contributed by atoms with Crippen LogP contribution < -0.4 is 11.1 Å². The van der Waals surface area contributed by atoms with Crippen LogP contribution in [0, 0.1) is 13.8 Å². The van der Waals surface area contributed by atoms with Gasteiger partial charge < -0.3 is 10.2 Å². The van der Waals surface area contributed by atoms with Gasteiger partial charge >= 0.3 is 0 Å². The van der Waals surface area contributed by atoms with E-state index in [0.29, 0.717) is 11.1 Å². The van der Waals surface area contributed by atoms with Crippen LogP contribution in [0.4, 0.5) is 0 Å². The van der Waals surface area contributed by atoms with Crippen LogP contribution in [0.25, 0.3) is 6.08 Å². The van der Waals surface area contributed by atoms with E-state index in [-0.39, 0.29) is 11.1 Å². The average molecular weight is 310 g/mol. The Bertz CT molecular complexity index is 887. The van der Waals surface area contributed by atoms with Crippen LogP contribution in [0.15, 0.2) is 46.0 Å². The summed E-state index contributed by atoms with van der Waals surface area (Å²) in [6, 6.07) is 9.76. The van der Waals surface area contributed by atoms with Crippen molar-refractivity contribution in [3.05, 3.63) is 85.2 Å². The zero-order valence-corrected chi connectivity index (χ0v) is 12.9. The van der Waals surface area contributed by atoms with Gasteiger partial charge in [0.1, 0.15) is 0 Å². The number of aromatic amines is 4. The molecule has 6 heteroatoms. The highest BCUT2D eigenvalue weighted by atomic mass is 16.1. The monoisotopic (exact) mass is 310 g/mol. The number of aryl methyl sites for hydroxylation is 2. The minimum atomic E-state index is -0.430. The lowest BCUT2D eigenvalue weighted by atomic mass is 9.91. The molecule has 2 aromatic heterocycles. The molecule has 0 amide bonds. The Morgan fingerprint density at radius 2 is 1.35 bits per heavy atom. The molecule has 0 bridgehead atoms. The van der Waals surface area contributed by atoms with Crippen LogP contribution in [0.1, 0.15) is 34.0 Å². The maximum atomic E-state index is 12.2. The van der Waals surface area contributed by atoms with Gasteiger partial charge in [0.25, 0.3) is 11.1 Å². The molecule has 0 atom stereocenters. The van der Waals surface area contributed by atoms with Gasteiger partial charge in [0.2, 0.25) is 0 Å². The summed E-state index contributed by atoms with van der Waals surface area (Å²) in [5, 5.41) is 10.8. The van der Waals surface area contributed by atoms with Crippen molar-refractivity contribution in [2.24, 2.45) is 0 Å². The molecule has 23 heavy (non-hydrogen) atoms. The van der Waals surface area contributed by atoms with Gasteiger partial charge in [0.15, 0.2) is 0 Å². The van der Waals surface area contributed by atoms with Crippen molar-refractivity contribution in [3.63, 3.8) is 0 Å². The number of allylic oxidation sites excluding steroid dienone is 1. The van der Waals surface area contributed by atoms with E-state index < -0.39 is 5.92 Å². The Morgan fingerprint density at radius 1 is 0.826 bits per heavy atom. The predicted molar refractivity (Wildman–Crippen MR) is 89.6 cm³/mol. The molecule has 0 aliphatic heterocycles. The van der Waals surface area contributed by atoms with Gasteiger partial charge in [-0.2, -0.15) is 0 Å². The fourth-order valence-corrected chi connectivity index (χ4v) is 2.77. The van der Waals surface area contributed by atoms with Crippen LogP contribution >= 0.6 is 0 Å². The van der Waals surface area contributed by atoms with Gasteiger partial charge in [-0.25, -0.2) is 0 Å². The van der Waals surface area contributed by atoms with Gasteiger partial charge in [-0.15, -0.1) is 0 Å². The molecule has 3 rings (SSSR count). The van der Waals surface area contributed by atoms with Gasteiger partial charge in [0.05, 0.1) is 11.1 Å². The number of benzene rings is 1. The normalized spacial score (nSPS) is 11.6. The third-order valence-electron chi connectivity index (χ3n) is 3.93. The van der Waals surface area contributed by atoms with Crippen LogP contribution in [0.5, 0.6) is 0 Å². The van der Waals surface area contributed by atoms with Crippen molar-refractivity contribution >= 4 is 6.08 Å². The first kappa shape index (κ1) is 14.9. The van der Waals surface area contributed by atoms with Crippen LogP contribution in [-0.4, -0.2) is 20.4 Å². The summed E-state index contributed by atoms with van der Waals surface area (Å²) in [4.78, 5) is 24.3. The topological polar surface area (TPSA) is 97.3 Å². The summed E-state index contributed by atoms with van der Waals surface area (Å²) in [6.45, 7) is 3.62. The summed E-state index contributed by atoms with van der Waals surface area (Å²) in [5.41, 5.74) is 3.10. The Morgan fingerprint density at radius 3 is 1.78 bits per heavy atom. The molecule has 3 aromatic rings. The zero-order valence-electron chi connectivity index (χ0n) is 12.9. The number of H-pyrrole nitrogens is 4. The highest BCUT2D eigenvalue weighted by Gasteiger charge is 2.23. The van der Waals surface area contributed by atoms with E-state index in [1.54, 1.807) is 0 Å². The standard InChI is InChI=1S/C17H18N4O2/c1-10-14(16(22)20-18-10)13(15-11(2)19-21-17(15)23)9-8-12-6-4-3-5-7-12/h3-9,13H,1-2H3,(H2,18,20,22)(H2,19,21,23)/b9-8+. The highest BCUT2D eigenvalue weighted by Crippen LogP contribution is 2.25. The number of rotatable bonds is 4. The first-order chi connectivity index (χ1) is 11.1. The van der Waals surface area contributed by atoms with Crippen molar-refractivity contribution in [3.8, 4) is 0 Å². The minimum Gasteiger partial charge on any atom is -0.302 e. The first-order valence-electron chi connectivity index (χ1n) is 7.35. The van der Waals surface area contributed by atoms with Gasteiger partial charge in [0, 0.05) is 17.3 Å². The summed E-state index contributed by atoms with van der Waals surface area (Å²) in [5.74, 6) is -0.430. The van der Waals surface area contributed by atoms with E-state index in [1.165, 1.54) is 0 Å². The molecule has 0 unspecified atom stereocenters. The Balaban J connectivity index is 2.14. The molecule has 6 nitrogen and oxygen atoms in total. The van der Waals surface area contributed by atoms with E-state index >= 15 is 0 Å². The largest absolute Gasteiger partial charge is 0.302 e. The molecule has 0 spiro atoms. The zero-order chi connectivity index (χ0) is 16.4. The quantitative estimate of drug-likeness (QED) is 0.594. The second-order valence-electron chi connectivity index (χ2n) is 5.48. The Hall–Kier alpha value is -3.02. The molecule has 4 N–H and O–H groups in total. The van der Waals surface area contributed by atoms with Crippen molar-refractivity contribution in [2.45, 2.75) is 19.8 Å². The lowest BCUT2D eigenvalue weighted by Gasteiger charge is -2.10. The Labute approximate surface area is 132 Å². The smallest absolute Gasteiger partial charge is 0.268 e. The first-order valence-corrected chi connectivity index (χ1v) is 7.35. The van der Waals surface area contributed by atoms with E-state index in [0.717, 1.165) is 17.0 Å². The molecule has 0 aliphatic carbocycles. The van der Waals surface area contributed by atoms with Crippen molar-refractivity contribution < 1.29 is 0 Å². The molecule has 0 fully saturated rings. The van der Waals surface area contributed by atoms with Crippen molar-refractivity contribution in [1.29, 1.82) is 0 Å². The molecular weight excluding hydrogens is 292 g/mol. The minimum absolute atomic E-state index is 0.217. The van der Waals surface area contributed by atoms with Crippen molar-refractivity contribution in [1.82, 2.24) is 20.4 Å². The van der Waals surface area contributed by atoms with E-state index in [4.69, 9.17) is 0 Å². The van der Waals surface area contributed by atoms with Crippen molar-refractivity contribution in [2.75, 3.05) is 0 Å². The number of aromatic nitrogens is 4. The molecule has 0 saturated carbocycles. The number of hydrogen-bond donors (Lipinski definition) is 4. The SMILES string of the molecule is Cc1[nH][nH]c(=O)c1C(/C=C/c1ccccc1)c1c(C)[nH][nH]c1=O. The summed E-state index contributed by atoms with van der Waals surface area (Å²) >= 11 is 0. The van der Waals surface area contributed by atoms with E-state index in [1.807, 2.05) is 56.3 Å². The molecule has 1 aromatic carbocycles. The second-order valence-corrected chi connectivity index (χ2v) is 5.48. The molecule has 0 saturated heterocycles. The molecule has 0 aliphatic rings. The maximum Gasteiger partial charge on any atom is 0.268 e. The second kappa shape index (κ2) is 6.00. The number of hydrogen-bond acceptors (Lipinski definition) is 2. The van der Waals surface area contributed by atoms with Gasteiger partial charge in [-0.05, 0) is 19.4 Å². The van der Waals surface area contributed by atoms with Gasteiger partial charge in [-0.3, -0.25) is 19.8 Å². The highest BCUT2D eigenvalue weighted by molar-refractivity contribution is 5.53. The van der Waals surface area contributed by atoms with Crippen LogP contribution in [0.3, 0.4) is 0 Å².